The fourth-order valence-corrected chi connectivity index (χ4v) is 4.88. The zero-order valence-corrected chi connectivity index (χ0v) is 22.0. The van der Waals surface area contributed by atoms with Gasteiger partial charge in [-0.15, -0.1) is 0 Å². The number of carbonyl (C=O) groups excluding carboxylic acids is 1. The van der Waals surface area contributed by atoms with Crippen LogP contribution in [0, 0.1) is 11.3 Å². The minimum atomic E-state index is 0.265. The molecule has 4 aromatic rings. The number of hydrogen-bond donors (Lipinski definition) is 3. The first-order valence-corrected chi connectivity index (χ1v) is 13.2. The highest BCUT2D eigenvalue weighted by molar-refractivity contribution is 5.96. The van der Waals surface area contributed by atoms with Gasteiger partial charge in [0.2, 0.25) is 5.91 Å². The zero-order chi connectivity index (χ0) is 27.0. The zero-order valence-electron chi connectivity index (χ0n) is 22.0. The van der Waals surface area contributed by atoms with Crippen molar-refractivity contribution < 1.29 is 14.3 Å². The van der Waals surface area contributed by atoms with Crippen molar-refractivity contribution in [2.45, 2.75) is 19.3 Å². The molecule has 200 valence electrons. The number of ether oxygens (including phenoxy) is 2. The van der Waals surface area contributed by atoms with Crippen LogP contribution in [0.15, 0.2) is 61.1 Å². The van der Waals surface area contributed by atoms with E-state index < -0.39 is 0 Å². The molecule has 2 aromatic heterocycles. The molecule has 5 rings (SSSR count). The van der Waals surface area contributed by atoms with Gasteiger partial charge in [-0.25, -0.2) is 0 Å². The van der Waals surface area contributed by atoms with Gasteiger partial charge in [0.25, 0.3) is 0 Å². The molecule has 1 aliphatic heterocycles. The summed E-state index contributed by atoms with van der Waals surface area (Å²) < 4.78 is 11.6. The van der Waals surface area contributed by atoms with E-state index in [2.05, 4.69) is 26.7 Å². The first-order chi connectivity index (χ1) is 19.2. The number of amides is 1. The van der Waals surface area contributed by atoms with Gasteiger partial charge in [-0.3, -0.25) is 9.78 Å². The van der Waals surface area contributed by atoms with Gasteiger partial charge in [-0.2, -0.15) is 5.26 Å². The third-order valence-electron chi connectivity index (χ3n) is 6.89. The molecular formula is C30H32N6O3. The number of benzene rings is 2. The average molecular weight is 525 g/mol. The highest BCUT2D eigenvalue weighted by atomic mass is 16.5. The molecule has 0 atom stereocenters. The normalized spacial score (nSPS) is 13.0. The fraction of sp³-hybridized carbons (Fsp3) is 0.300. The van der Waals surface area contributed by atoms with Crippen molar-refractivity contribution >= 4 is 28.2 Å². The Labute approximate surface area is 227 Å². The van der Waals surface area contributed by atoms with Crippen molar-refractivity contribution in [3.8, 4) is 28.7 Å². The van der Waals surface area contributed by atoms with E-state index in [1.807, 2.05) is 53.6 Å². The lowest BCUT2D eigenvalue weighted by Gasteiger charge is -2.17. The Morgan fingerprint density at radius 2 is 2.08 bits per heavy atom. The maximum atomic E-state index is 11.7. The highest BCUT2D eigenvalue weighted by Gasteiger charge is 2.19. The summed E-state index contributed by atoms with van der Waals surface area (Å²) in [5, 5.41) is 17.7. The summed E-state index contributed by atoms with van der Waals surface area (Å²) in [5.41, 5.74) is 4.65. The smallest absolute Gasteiger partial charge is 0.222 e. The van der Waals surface area contributed by atoms with Crippen LogP contribution in [-0.4, -0.2) is 60.7 Å². The van der Waals surface area contributed by atoms with Gasteiger partial charge >= 0.3 is 0 Å². The number of H-pyrrole nitrogens is 1. The third kappa shape index (κ3) is 5.97. The lowest BCUT2D eigenvalue weighted by molar-refractivity contribution is -0.127. The number of rotatable bonds is 12. The van der Waals surface area contributed by atoms with Crippen LogP contribution in [0.3, 0.4) is 0 Å². The van der Waals surface area contributed by atoms with Crippen molar-refractivity contribution in [3.63, 3.8) is 0 Å². The molecule has 3 N–H and O–H groups in total. The van der Waals surface area contributed by atoms with Crippen molar-refractivity contribution in [2.24, 2.45) is 0 Å². The lowest BCUT2D eigenvalue weighted by atomic mass is 10.0. The van der Waals surface area contributed by atoms with E-state index >= 15 is 0 Å². The third-order valence-corrected chi connectivity index (χ3v) is 6.89. The molecule has 0 spiro atoms. The van der Waals surface area contributed by atoms with E-state index in [-0.39, 0.29) is 5.91 Å². The summed E-state index contributed by atoms with van der Waals surface area (Å²) in [6, 6.07) is 15.9. The molecular weight excluding hydrogens is 492 g/mol. The molecule has 9 nitrogen and oxygen atoms in total. The van der Waals surface area contributed by atoms with E-state index in [1.54, 1.807) is 19.5 Å². The number of nitrogens with zero attached hydrogens (tertiary/aromatic N) is 3. The molecule has 3 heterocycles. The Bertz CT molecular complexity index is 1490. The summed E-state index contributed by atoms with van der Waals surface area (Å²) in [7, 11) is 1.61. The lowest BCUT2D eigenvalue weighted by Crippen LogP contribution is -2.29. The second-order valence-electron chi connectivity index (χ2n) is 9.39. The van der Waals surface area contributed by atoms with E-state index in [1.165, 1.54) is 0 Å². The molecule has 1 aliphatic rings. The minimum absolute atomic E-state index is 0.265. The van der Waals surface area contributed by atoms with Gasteiger partial charge in [0.05, 0.1) is 18.4 Å². The summed E-state index contributed by atoms with van der Waals surface area (Å²) in [4.78, 5) is 21.2. The Morgan fingerprint density at radius 1 is 1.15 bits per heavy atom. The monoisotopic (exact) mass is 524 g/mol. The van der Waals surface area contributed by atoms with Gasteiger partial charge in [-0.1, -0.05) is 12.1 Å². The van der Waals surface area contributed by atoms with E-state index in [0.717, 1.165) is 60.2 Å². The second kappa shape index (κ2) is 12.3. The number of likely N-dealkylation sites (tertiary alicyclic amines) is 1. The summed E-state index contributed by atoms with van der Waals surface area (Å²) in [6.07, 6.45) is 7.77. The van der Waals surface area contributed by atoms with Gasteiger partial charge in [0, 0.05) is 66.8 Å². The Morgan fingerprint density at radius 3 is 2.90 bits per heavy atom. The van der Waals surface area contributed by atoms with Gasteiger partial charge < -0.3 is 30.0 Å². The number of pyridine rings is 1. The summed E-state index contributed by atoms with van der Waals surface area (Å²) in [5.74, 6) is 1.50. The first-order valence-electron chi connectivity index (χ1n) is 13.2. The number of fused-ring (bicyclic) bond motifs is 1. The van der Waals surface area contributed by atoms with Crippen LogP contribution in [0.4, 0.5) is 11.4 Å². The van der Waals surface area contributed by atoms with E-state index in [0.29, 0.717) is 42.3 Å². The SMILES string of the molecule is COc1ccc(-c2cncc(C#N)c2Nc2cccc3[nH]ccc23)cc1OCCNCCCN1CCCC1=O. The average Bonchev–Trinajstić information content (AvgIpc) is 3.62. The van der Waals surface area contributed by atoms with E-state index in [9.17, 15) is 10.1 Å². The number of aromatic amines is 1. The van der Waals surface area contributed by atoms with Gasteiger partial charge in [0.1, 0.15) is 12.7 Å². The minimum Gasteiger partial charge on any atom is -0.493 e. The van der Waals surface area contributed by atoms with Crippen LogP contribution in [0.25, 0.3) is 22.0 Å². The quantitative estimate of drug-likeness (QED) is 0.227. The molecule has 39 heavy (non-hydrogen) atoms. The van der Waals surface area contributed by atoms with Crippen molar-refractivity contribution in [2.75, 3.05) is 45.2 Å². The molecule has 0 saturated carbocycles. The molecule has 1 amide bonds. The molecule has 0 bridgehead atoms. The largest absolute Gasteiger partial charge is 0.493 e. The van der Waals surface area contributed by atoms with Crippen molar-refractivity contribution in [1.29, 1.82) is 5.26 Å². The molecule has 0 unspecified atom stereocenters. The number of methoxy groups -OCH3 is 1. The van der Waals surface area contributed by atoms with Crippen LogP contribution in [0.1, 0.15) is 24.8 Å². The number of aromatic nitrogens is 2. The van der Waals surface area contributed by atoms with Crippen LogP contribution in [-0.2, 0) is 4.79 Å². The molecule has 1 fully saturated rings. The maximum Gasteiger partial charge on any atom is 0.222 e. The predicted molar refractivity (Wildman–Crippen MR) is 151 cm³/mol. The van der Waals surface area contributed by atoms with Crippen molar-refractivity contribution in [3.05, 3.63) is 66.6 Å². The molecule has 9 heteroatoms. The van der Waals surface area contributed by atoms with Crippen molar-refractivity contribution in [1.82, 2.24) is 20.2 Å². The van der Waals surface area contributed by atoms with Gasteiger partial charge in [0.15, 0.2) is 11.5 Å². The standard InChI is InChI=1S/C30H32N6O3/c1-38-27-9-8-21(17-28(27)39-16-13-32-11-4-15-36-14-3-7-29(36)37)24-20-33-19-22(18-31)30(24)35-26-6-2-5-25-23(26)10-12-34-25/h2,5-6,8-10,12,17,19-20,32,34H,3-4,7,11,13-16H2,1H3,(H,33,35). The predicted octanol–water partition coefficient (Wildman–Crippen LogP) is 4.83. The van der Waals surface area contributed by atoms with Crippen LogP contribution < -0.4 is 20.1 Å². The number of carbonyl (C=O) groups is 1. The first kappa shape index (κ1) is 26.1. The summed E-state index contributed by atoms with van der Waals surface area (Å²) >= 11 is 0. The second-order valence-corrected chi connectivity index (χ2v) is 9.39. The Kier molecular flexibility index (Phi) is 8.24. The molecule has 0 aliphatic carbocycles. The number of hydrogen-bond acceptors (Lipinski definition) is 7. The van der Waals surface area contributed by atoms with Crippen LogP contribution >= 0.6 is 0 Å². The van der Waals surface area contributed by atoms with E-state index in [4.69, 9.17) is 9.47 Å². The molecule has 2 aromatic carbocycles. The number of anilines is 2. The summed E-state index contributed by atoms with van der Waals surface area (Å²) in [6.45, 7) is 3.62. The fourth-order valence-electron chi connectivity index (χ4n) is 4.88. The Hall–Kier alpha value is -4.55. The number of nitrogens with one attached hydrogen (secondary N) is 3. The van der Waals surface area contributed by atoms with Crippen LogP contribution in [0.5, 0.6) is 11.5 Å². The Balaban J connectivity index is 1.28. The highest BCUT2D eigenvalue weighted by Crippen LogP contribution is 2.38. The van der Waals surface area contributed by atoms with Gasteiger partial charge in [-0.05, 0) is 55.3 Å². The number of nitriles is 1. The van der Waals surface area contributed by atoms with Crippen LogP contribution in [0.2, 0.25) is 0 Å². The molecule has 1 saturated heterocycles. The maximum absolute atomic E-state index is 11.7. The topological polar surface area (TPSA) is 115 Å². The molecule has 0 radical (unpaired) electrons.